The average molecular weight is 1240 g/mol. The molecule has 6 rings (SSSR count). The lowest BCUT2D eigenvalue weighted by Gasteiger charge is -2.44. The van der Waals surface area contributed by atoms with Gasteiger partial charge < -0.3 is 153 Å². The van der Waals surface area contributed by atoms with Crippen molar-refractivity contribution < 1.29 is 162 Å². The molecule has 0 aromatic heterocycles. The molecule has 0 radical (unpaired) electrons. The molecule has 0 aromatic rings. The molecular weight excluding hydrogens is 1150 g/mol. The van der Waals surface area contributed by atoms with E-state index in [1.807, 2.05) is 0 Å². The number of hydrogen-bond donors (Lipinski definition) is 16. The number of methoxy groups -OCH3 is 2. The van der Waals surface area contributed by atoms with Crippen LogP contribution in [0, 0.1) is 23.7 Å². The summed E-state index contributed by atoms with van der Waals surface area (Å²) in [5.41, 5.74) is 0. The Kier molecular flexibility index (Phi) is 29.0. The number of aliphatic hydroxyl groups is 16. The van der Waals surface area contributed by atoms with Crippen LogP contribution in [0.25, 0.3) is 0 Å². The summed E-state index contributed by atoms with van der Waals surface area (Å²) in [5.74, 6) is -5.42. The molecule has 0 amide bonds. The van der Waals surface area contributed by atoms with Crippen molar-refractivity contribution in [3.8, 4) is 0 Å². The highest BCUT2D eigenvalue weighted by Crippen LogP contribution is 2.34. The minimum atomic E-state index is -1.80. The summed E-state index contributed by atoms with van der Waals surface area (Å²) in [7, 11) is 2.74. The summed E-state index contributed by atoms with van der Waals surface area (Å²) in [6, 6.07) is 0. The van der Waals surface area contributed by atoms with Crippen LogP contribution in [0.3, 0.4) is 0 Å². The predicted molar refractivity (Wildman–Crippen MR) is 275 cm³/mol. The molecule has 85 heavy (non-hydrogen) atoms. The summed E-state index contributed by atoms with van der Waals surface area (Å²) in [6.45, 7) is -3.77. The quantitative estimate of drug-likeness (QED) is 0.0297. The Labute approximate surface area is 489 Å². The van der Waals surface area contributed by atoms with Gasteiger partial charge in [-0.2, -0.15) is 0 Å². The Bertz CT molecular complexity index is 1950. The fourth-order valence-corrected chi connectivity index (χ4v) is 11.4. The standard InChI is InChI=1S/C52H90O33/c1-21(55)78-19-29-25(41(59)43(61)31(82-29)11-71-3)9-75-13-33-44(62)40(58)24(28(6-54)81-33)8-74-16-37-49(67)52(70)50(68)38(85-37)18-77-17-35-46(64)42(60)26(30(83-35)20-79-22(2)56)10-76-14-34-45(63)39(57)23(27(5-53)80-34)7-73-15-36-48(66)51(69)47(65)32(84-36)12-72-4/h23-54,57-70H,5-20H2,1-4H3. The van der Waals surface area contributed by atoms with E-state index in [0.29, 0.717) is 0 Å². The Morgan fingerprint density at radius 2 is 0.471 bits per heavy atom. The molecule has 6 fully saturated rings. The summed E-state index contributed by atoms with van der Waals surface area (Å²) >= 11 is 0. The Morgan fingerprint density at radius 3 is 0.706 bits per heavy atom. The van der Waals surface area contributed by atoms with Crippen LogP contribution in [0.2, 0.25) is 0 Å². The van der Waals surface area contributed by atoms with Crippen LogP contribution in [0.1, 0.15) is 13.8 Å². The molecule has 0 saturated carbocycles. The fourth-order valence-electron chi connectivity index (χ4n) is 11.4. The van der Waals surface area contributed by atoms with Gasteiger partial charge in [0.15, 0.2) is 0 Å². The number of esters is 2. The van der Waals surface area contributed by atoms with Gasteiger partial charge in [-0.1, -0.05) is 0 Å². The number of carbonyl (C=O) groups excluding carboxylic acids is 2. The van der Waals surface area contributed by atoms with Gasteiger partial charge >= 0.3 is 11.9 Å². The molecule has 0 spiro atoms. The molecule has 0 aliphatic carbocycles. The topological polar surface area (TPSA) is 496 Å². The first-order chi connectivity index (χ1) is 40.5. The molecule has 30 atom stereocenters. The van der Waals surface area contributed by atoms with Crippen molar-refractivity contribution in [2.45, 2.75) is 173 Å². The van der Waals surface area contributed by atoms with E-state index in [4.69, 9.17) is 71.1 Å². The van der Waals surface area contributed by atoms with Gasteiger partial charge in [-0.3, -0.25) is 9.59 Å². The third-order valence-corrected chi connectivity index (χ3v) is 16.5. The van der Waals surface area contributed by atoms with E-state index < -0.39 is 254 Å². The first-order valence-corrected chi connectivity index (χ1v) is 28.3. The highest BCUT2D eigenvalue weighted by molar-refractivity contribution is 5.66. The minimum absolute atomic E-state index is 0.0678. The van der Waals surface area contributed by atoms with Crippen LogP contribution in [-0.2, 0) is 80.6 Å². The SMILES string of the molecule is COCC1OC(COCC2C(CO)OC(COCC3C(COC(C)=O)OC(COCC4OC(COCC5C(CO)OC(COCC6C(COC(C)=O)OC(COC)C(O)C6O)C(O)C5O)C(O)C(O)C4O)C(O)C3O)C(O)C2O)C(O)C(O)C1O. The average Bonchev–Trinajstić information content (AvgIpc) is 3.34. The molecule has 0 bridgehead atoms. The second-order valence-corrected chi connectivity index (χ2v) is 22.4. The van der Waals surface area contributed by atoms with Crippen molar-refractivity contribution >= 4 is 11.9 Å². The lowest BCUT2D eigenvalue weighted by Crippen LogP contribution is -2.61. The summed E-state index contributed by atoms with van der Waals surface area (Å²) in [6.07, 6.45) is -35.9. The van der Waals surface area contributed by atoms with Crippen LogP contribution >= 0.6 is 0 Å². The van der Waals surface area contributed by atoms with Crippen molar-refractivity contribution in [3.05, 3.63) is 0 Å². The van der Waals surface area contributed by atoms with Gasteiger partial charge in [-0.05, 0) is 0 Å². The maximum Gasteiger partial charge on any atom is 0.302 e. The van der Waals surface area contributed by atoms with Gasteiger partial charge in [0.05, 0.1) is 141 Å². The van der Waals surface area contributed by atoms with Gasteiger partial charge in [0.2, 0.25) is 0 Å². The van der Waals surface area contributed by atoms with Crippen molar-refractivity contribution in [1.82, 2.24) is 0 Å². The highest BCUT2D eigenvalue weighted by atomic mass is 16.6. The summed E-state index contributed by atoms with van der Waals surface area (Å²) in [5, 5.41) is 173. The number of aliphatic hydroxyl groups excluding tert-OH is 16. The van der Waals surface area contributed by atoms with E-state index in [1.165, 1.54) is 21.1 Å². The minimum Gasteiger partial charge on any atom is -0.463 e. The number of rotatable bonds is 30. The number of carbonyl (C=O) groups is 2. The zero-order valence-electron chi connectivity index (χ0n) is 47.7. The van der Waals surface area contributed by atoms with E-state index in [0.717, 1.165) is 6.92 Å². The first kappa shape index (κ1) is 71.9. The number of ether oxygens (including phenoxy) is 15. The second kappa shape index (κ2) is 34.3. The van der Waals surface area contributed by atoms with E-state index >= 15 is 0 Å². The number of hydrogen-bond acceptors (Lipinski definition) is 33. The predicted octanol–water partition coefficient (Wildman–Crippen LogP) is -10.4. The molecular formula is C52H90O33. The monoisotopic (exact) mass is 1240 g/mol. The van der Waals surface area contributed by atoms with Crippen LogP contribution in [-0.4, -0.2) is 372 Å². The Balaban J connectivity index is 0.953. The largest absolute Gasteiger partial charge is 0.463 e. The smallest absolute Gasteiger partial charge is 0.302 e. The molecule has 496 valence electrons. The van der Waals surface area contributed by atoms with Crippen molar-refractivity contribution in [2.75, 3.05) is 120 Å². The molecule has 6 aliphatic rings. The second-order valence-electron chi connectivity index (χ2n) is 22.4. The summed E-state index contributed by atoms with van der Waals surface area (Å²) in [4.78, 5) is 23.4. The van der Waals surface area contributed by atoms with E-state index in [9.17, 15) is 91.3 Å². The fraction of sp³-hybridized carbons (Fsp3) is 0.962. The molecule has 0 aromatic carbocycles. The van der Waals surface area contributed by atoms with E-state index in [-0.39, 0.29) is 46.2 Å². The summed E-state index contributed by atoms with van der Waals surface area (Å²) < 4.78 is 84.2. The normalized spacial score (nSPS) is 44.4. The lowest BCUT2D eigenvalue weighted by molar-refractivity contribution is -0.260. The zero-order chi connectivity index (χ0) is 62.4. The highest BCUT2D eigenvalue weighted by Gasteiger charge is 2.51. The van der Waals surface area contributed by atoms with Gasteiger partial charge in [0, 0.05) is 51.7 Å². The molecule has 6 saturated heterocycles. The lowest BCUT2D eigenvalue weighted by atomic mass is 9.87. The molecule has 6 aliphatic heterocycles. The first-order valence-electron chi connectivity index (χ1n) is 28.3. The van der Waals surface area contributed by atoms with Gasteiger partial charge in [-0.25, -0.2) is 0 Å². The van der Waals surface area contributed by atoms with Crippen LogP contribution in [0.5, 0.6) is 0 Å². The van der Waals surface area contributed by atoms with E-state index in [2.05, 4.69) is 0 Å². The van der Waals surface area contributed by atoms with Crippen LogP contribution in [0.15, 0.2) is 0 Å². The van der Waals surface area contributed by atoms with Crippen molar-refractivity contribution in [1.29, 1.82) is 0 Å². The third kappa shape index (κ3) is 18.5. The van der Waals surface area contributed by atoms with Crippen LogP contribution in [0.4, 0.5) is 0 Å². The van der Waals surface area contributed by atoms with E-state index in [1.54, 1.807) is 0 Å². The molecule has 16 N–H and O–H groups in total. The third-order valence-electron chi connectivity index (χ3n) is 16.5. The molecule has 6 heterocycles. The molecule has 33 heteroatoms. The Hall–Kier alpha value is -2.22. The van der Waals surface area contributed by atoms with Gasteiger partial charge in [0.25, 0.3) is 0 Å². The maximum atomic E-state index is 11.9. The van der Waals surface area contributed by atoms with Crippen molar-refractivity contribution in [2.24, 2.45) is 23.7 Å². The van der Waals surface area contributed by atoms with Crippen molar-refractivity contribution in [3.63, 3.8) is 0 Å². The molecule has 33 nitrogen and oxygen atoms in total. The van der Waals surface area contributed by atoms with Crippen LogP contribution < -0.4 is 0 Å². The zero-order valence-corrected chi connectivity index (χ0v) is 47.7. The molecule has 30 unspecified atom stereocenters. The van der Waals surface area contributed by atoms with Gasteiger partial charge in [0.1, 0.15) is 123 Å². The Morgan fingerprint density at radius 1 is 0.271 bits per heavy atom. The van der Waals surface area contributed by atoms with Gasteiger partial charge in [-0.15, -0.1) is 0 Å². The maximum absolute atomic E-state index is 11.9.